The number of halogens is 1. The molecular weight excluding hydrogens is 238 g/mol. The zero-order valence-electron chi connectivity index (χ0n) is 8.68. The van der Waals surface area contributed by atoms with E-state index in [1.54, 1.807) is 0 Å². The van der Waals surface area contributed by atoms with Crippen molar-refractivity contribution in [1.82, 2.24) is 0 Å². The number of hydrogen-bond donors (Lipinski definition) is 1. The summed E-state index contributed by atoms with van der Waals surface area (Å²) in [5.74, 6) is 0. The molecule has 0 heterocycles. The summed E-state index contributed by atoms with van der Waals surface area (Å²) in [5, 5.41) is 0. The van der Waals surface area contributed by atoms with Gasteiger partial charge in [0.1, 0.15) is 0 Å². The third kappa shape index (κ3) is 2.96. The minimum Gasteiger partial charge on any atom is -0.330 e. The lowest BCUT2D eigenvalue weighted by Crippen LogP contribution is -2.01. The normalized spacial score (nSPS) is 10.0. The van der Waals surface area contributed by atoms with Gasteiger partial charge in [0.15, 0.2) is 0 Å². The van der Waals surface area contributed by atoms with E-state index in [1.807, 2.05) is 6.07 Å². The van der Waals surface area contributed by atoms with Crippen molar-refractivity contribution in [2.75, 3.05) is 6.54 Å². The lowest BCUT2D eigenvalue weighted by Gasteiger charge is -2.09. The summed E-state index contributed by atoms with van der Waals surface area (Å²) >= 11 is 3.48. The van der Waals surface area contributed by atoms with Crippen LogP contribution in [0.25, 0.3) is 5.57 Å². The van der Waals surface area contributed by atoms with Gasteiger partial charge >= 0.3 is 0 Å². The highest BCUT2D eigenvalue weighted by atomic mass is 79.9. The highest BCUT2D eigenvalue weighted by Crippen LogP contribution is 2.24. The standard InChI is InChI=1S/C12H16BrN/c1-9(2)12(6-7-14)10-4-3-5-11(13)8-10/h3-5,8H,6-7,14H2,1-2H3. The van der Waals surface area contributed by atoms with Crippen molar-refractivity contribution in [3.8, 4) is 0 Å². The van der Waals surface area contributed by atoms with Crippen LogP contribution in [0.2, 0.25) is 0 Å². The number of rotatable bonds is 3. The molecule has 0 radical (unpaired) electrons. The van der Waals surface area contributed by atoms with Gasteiger partial charge in [-0.05, 0) is 50.1 Å². The Labute approximate surface area is 94.1 Å². The van der Waals surface area contributed by atoms with Crippen LogP contribution in [0.1, 0.15) is 25.8 Å². The number of benzene rings is 1. The van der Waals surface area contributed by atoms with E-state index in [2.05, 4.69) is 48.0 Å². The number of nitrogens with two attached hydrogens (primary N) is 1. The largest absolute Gasteiger partial charge is 0.330 e. The highest BCUT2D eigenvalue weighted by Gasteiger charge is 2.02. The average molecular weight is 254 g/mol. The molecule has 0 unspecified atom stereocenters. The molecule has 1 rings (SSSR count). The Morgan fingerprint density at radius 1 is 1.36 bits per heavy atom. The van der Waals surface area contributed by atoms with Crippen molar-refractivity contribution < 1.29 is 0 Å². The van der Waals surface area contributed by atoms with Gasteiger partial charge in [0.25, 0.3) is 0 Å². The molecule has 0 aliphatic heterocycles. The number of allylic oxidation sites excluding steroid dienone is 1. The molecule has 1 nitrogen and oxygen atoms in total. The van der Waals surface area contributed by atoms with Crippen molar-refractivity contribution in [2.45, 2.75) is 20.3 Å². The molecule has 14 heavy (non-hydrogen) atoms. The SMILES string of the molecule is CC(C)=C(CCN)c1cccc(Br)c1. The van der Waals surface area contributed by atoms with Crippen LogP contribution in [0.4, 0.5) is 0 Å². The summed E-state index contributed by atoms with van der Waals surface area (Å²) in [5.41, 5.74) is 9.56. The van der Waals surface area contributed by atoms with Crippen molar-refractivity contribution in [3.63, 3.8) is 0 Å². The summed E-state index contributed by atoms with van der Waals surface area (Å²) < 4.78 is 1.12. The van der Waals surface area contributed by atoms with Gasteiger partial charge in [-0.1, -0.05) is 33.6 Å². The molecule has 0 aromatic heterocycles. The molecule has 1 aromatic carbocycles. The van der Waals surface area contributed by atoms with E-state index in [9.17, 15) is 0 Å². The van der Waals surface area contributed by atoms with Gasteiger partial charge in [-0.25, -0.2) is 0 Å². The Morgan fingerprint density at radius 2 is 2.07 bits per heavy atom. The Kier molecular flexibility index (Phi) is 4.36. The molecule has 0 aliphatic carbocycles. The lowest BCUT2D eigenvalue weighted by atomic mass is 9.99. The number of hydrogen-bond acceptors (Lipinski definition) is 1. The van der Waals surface area contributed by atoms with E-state index < -0.39 is 0 Å². The Morgan fingerprint density at radius 3 is 2.57 bits per heavy atom. The van der Waals surface area contributed by atoms with E-state index in [0.717, 1.165) is 10.9 Å². The van der Waals surface area contributed by atoms with Crippen LogP contribution >= 0.6 is 15.9 Å². The lowest BCUT2D eigenvalue weighted by molar-refractivity contribution is 1.01. The van der Waals surface area contributed by atoms with Crippen LogP contribution in [-0.4, -0.2) is 6.54 Å². The van der Waals surface area contributed by atoms with Crippen molar-refractivity contribution in [1.29, 1.82) is 0 Å². The van der Waals surface area contributed by atoms with Gasteiger partial charge in [0.05, 0.1) is 0 Å². The molecule has 0 atom stereocenters. The summed E-state index contributed by atoms with van der Waals surface area (Å²) in [6.45, 7) is 4.96. The van der Waals surface area contributed by atoms with Gasteiger partial charge in [-0.15, -0.1) is 0 Å². The summed E-state index contributed by atoms with van der Waals surface area (Å²) in [7, 11) is 0. The first-order chi connectivity index (χ1) is 6.65. The maximum Gasteiger partial charge on any atom is 0.0181 e. The van der Waals surface area contributed by atoms with Gasteiger partial charge in [0, 0.05) is 4.47 Å². The quantitative estimate of drug-likeness (QED) is 0.876. The zero-order valence-corrected chi connectivity index (χ0v) is 10.3. The smallest absolute Gasteiger partial charge is 0.0181 e. The van der Waals surface area contributed by atoms with Crippen LogP contribution in [0.15, 0.2) is 34.3 Å². The van der Waals surface area contributed by atoms with Crippen LogP contribution in [0.3, 0.4) is 0 Å². The van der Waals surface area contributed by atoms with Crippen LogP contribution in [0.5, 0.6) is 0 Å². The van der Waals surface area contributed by atoms with Crippen molar-refractivity contribution in [2.24, 2.45) is 5.73 Å². The van der Waals surface area contributed by atoms with Crippen LogP contribution in [0, 0.1) is 0 Å². The first-order valence-electron chi connectivity index (χ1n) is 4.77. The zero-order chi connectivity index (χ0) is 10.6. The molecule has 2 N–H and O–H groups in total. The molecular formula is C12H16BrN. The molecule has 0 aliphatic rings. The molecule has 76 valence electrons. The van der Waals surface area contributed by atoms with E-state index in [-0.39, 0.29) is 0 Å². The average Bonchev–Trinajstić information content (AvgIpc) is 2.13. The topological polar surface area (TPSA) is 26.0 Å². The monoisotopic (exact) mass is 253 g/mol. The van der Waals surface area contributed by atoms with E-state index >= 15 is 0 Å². The second-order valence-corrected chi connectivity index (χ2v) is 4.44. The second kappa shape index (κ2) is 5.32. The molecule has 1 aromatic rings. The second-order valence-electron chi connectivity index (χ2n) is 3.53. The first-order valence-corrected chi connectivity index (χ1v) is 5.57. The third-order valence-corrected chi connectivity index (χ3v) is 2.66. The summed E-state index contributed by atoms with van der Waals surface area (Å²) in [6.07, 6.45) is 0.943. The molecule has 0 fully saturated rings. The third-order valence-electron chi connectivity index (χ3n) is 2.17. The minimum atomic E-state index is 0.701. The highest BCUT2D eigenvalue weighted by molar-refractivity contribution is 9.10. The molecule has 2 heteroatoms. The van der Waals surface area contributed by atoms with E-state index in [4.69, 9.17) is 5.73 Å². The molecule has 0 saturated carbocycles. The Bertz CT molecular complexity index is 338. The summed E-state index contributed by atoms with van der Waals surface area (Å²) in [6, 6.07) is 8.36. The van der Waals surface area contributed by atoms with Gasteiger partial charge in [0.2, 0.25) is 0 Å². The van der Waals surface area contributed by atoms with E-state index in [0.29, 0.717) is 6.54 Å². The van der Waals surface area contributed by atoms with E-state index in [1.165, 1.54) is 16.7 Å². The van der Waals surface area contributed by atoms with Gasteiger partial charge in [-0.2, -0.15) is 0 Å². The molecule has 0 amide bonds. The van der Waals surface area contributed by atoms with Crippen LogP contribution in [-0.2, 0) is 0 Å². The summed E-state index contributed by atoms with van der Waals surface area (Å²) in [4.78, 5) is 0. The Hall–Kier alpha value is -0.600. The first kappa shape index (κ1) is 11.5. The van der Waals surface area contributed by atoms with Crippen molar-refractivity contribution >= 4 is 21.5 Å². The molecule has 0 bridgehead atoms. The maximum absolute atomic E-state index is 5.60. The maximum atomic E-state index is 5.60. The fraction of sp³-hybridized carbons (Fsp3) is 0.333. The van der Waals surface area contributed by atoms with Gasteiger partial charge < -0.3 is 5.73 Å². The molecule has 0 saturated heterocycles. The Balaban J connectivity index is 3.06. The molecule has 0 spiro atoms. The minimum absolute atomic E-state index is 0.701. The fourth-order valence-electron chi connectivity index (χ4n) is 1.50. The predicted octanol–water partition coefficient (Wildman–Crippen LogP) is 3.59. The fourth-order valence-corrected chi connectivity index (χ4v) is 1.90. The van der Waals surface area contributed by atoms with Crippen molar-refractivity contribution in [3.05, 3.63) is 39.9 Å². The predicted molar refractivity (Wildman–Crippen MR) is 66.1 cm³/mol. The van der Waals surface area contributed by atoms with Gasteiger partial charge in [-0.3, -0.25) is 0 Å². The van der Waals surface area contributed by atoms with Crippen LogP contribution < -0.4 is 5.73 Å².